The van der Waals surface area contributed by atoms with Crippen molar-refractivity contribution in [3.8, 4) is 22.6 Å². The van der Waals surface area contributed by atoms with E-state index in [4.69, 9.17) is 14.2 Å². The van der Waals surface area contributed by atoms with Gasteiger partial charge in [-0.2, -0.15) is 0 Å². The number of ether oxygens (including phenoxy) is 3. The van der Waals surface area contributed by atoms with Crippen LogP contribution in [-0.2, 0) is 28.8 Å². The van der Waals surface area contributed by atoms with Crippen LogP contribution < -0.4 is 14.8 Å². The molecule has 0 spiro atoms. The lowest BCUT2D eigenvalue weighted by Gasteiger charge is -2.27. The highest BCUT2D eigenvalue weighted by atomic mass is 19.1. The van der Waals surface area contributed by atoms with E-state index in [-0.39, 0.29) is 6.42 Å². The predicted molar refractivity (Wildman–Crippen MR) is 133 cm³/mol. The van der Waals surface area contributed by atoms with Crippen LogP contribution in [0.1, 0.15) is 39.9 Å². The monoisotopic (exact) mass is 507 g/mol. The second-order valence-corrected chi connectivity index (χ2v) is 9.13. The van der Waals surface area contributed by atoms with E-state index in [0.717, 1.165) is 77.1 Å². The Hall–Kier alpha value is -3.94. The van der Waals surface area contributed by atoms with Gasteiger partial charge in [0.05, 0.1) is 20.3 Å². The molecule has 0 bridgehead atoms. The molecule has 0 saturated heterocycles. The molecule has 3 aromatic rings. The Bertz CT molecular complexity index is 1340. The Morgan fingerprint density at radius 3 is 2.35 bits per heavy atom. The molecule has 5 rings (SSSR count). The normalized spacial score (nSPS) is 14.9. The highest BCUT2D eigenvalue weighted by Crippen LogP contribution is 2.44. The van der Waals surface area contributed by atoms with Crippen LogP contribution in [0.5, 0.6) is 11.5 Å². The lowest BCUT2D eigenvalue weighted by atomic mass is 9.89. The summed E-state index contributed by atoms with van der Waals surface area (Å²) >= 11 is 0. The molecule has 0 aromatic heterocycles. The number of carbonyl (C=O) groups excluding carboxylic acids is 2. The quantitative estimate of drug-likeness (QED) is 0.486. The van der Waals surface area contributed by atoms with Crippen LogP contribution >= 0.6 is 0 Å². The molecule has 1 atom stereocenters. The van der Waals surface area contributed by atoms with E-state index in [0.29, 0.717) is 13.2 Å². The third kappa shape index (κ3) is 4.88. The van der Waals surface area contributed by atoms with Crippen LogP contribution in [0.15, 0.2) is 48.5 Å². The molecular weight excluding hydrogens is 480 g/mol. The number of hydrogen-bond donors (Lipinski definition) is 1. The molecule has 3 aromatic carbocycles. The summed E-state index contributed by atoms with van der Waals surface area (Å²) in [7, 11) is 1.20. The average molecular weight is 508 g/mol. The van der Waals surface area contributed by atoms with Crippen molar-refractivity contribution in [3.63, 3.8) is 0 Å². The molecule has 0 saturated carbocycles. The smallest absolute Gasteiger partial charge is 0.328 e. The summed E-state index contributed by atoms with van der Waals surface area (Å²) in [6.45, 7) is 1.22. The first-order valence-electron chi connectivity index (χ1n) is 12.3. The maximum absolute atomic E-state index is 14.2. The molecule has 192 valence electrons. The van der Waals surface area contributed by atoms with Crippen LogP contribution in [0.3, 0.4) is 0 Å². The van der Waals surface area contributed by atoms with E-state index in [9.17, 15) is 18.4 Å². The van der Waals surface area contributed by atoms with Crippen LogP contribution in [0, 0.1) is 11.6 Å². The zero-order chi connectivity index (χ0) is 25.9. The Labute approximate surface area is 213 Å². The first-order chi connectivity index (χ1) is 18.0. The van der Waals surface area contributed by atoms with Crippen molar-refractivity contribution >= 4 is 11.9 Å². The molecule has 0 radical (unpaired) electrons. The minimum Gasteiger partial charge on any atom is -0.493 e. The summed E-state index contributed by atoms with van der Waals surface area (Å²) in [4.78, 5) is 25.3. The molecule has 6 nitrogen and oxygen atoms in total. The van der Waals surface area contributed by atoms with Crippen LogP contribution in [0.4, 0.5) is 8.78 Å². The number of fused-ring (bicyclic) bond motifs is 2. The number of aryl methyl sites for hydroxylation is 1. The largest absolute Gasteiger partial charge is 0.493 e. The number of benzene rings is 3. The second-order valence-electron chi connectivity index (χ2n) is 9.13. The third-order valence-corrected chi connectivity index (χ3v) is 6.80. The average Bonchev–Trinajstić information content (AvgIpc) is 2.92. The SMILES string of the molecule is COC(=O)[C@H](Cc1ccc(-c2cccc3c2OCCC3)c2c1CCCO2)NC(=O)c1c(F)cccc1F. The van der Waals surface area contributed by atoms with Gasteiger partial charge in [0.15, 0.2) is 0 Å². The van der Waals surface area contributed by atoms with E-state index in [1.54, 1.807) is 0 Å². The first-order valence-corrected chi connectivity index (χ1v) is 12.3. The van der Waals surface area contributed by atoms with Gasteiger partial charge in [0.2, 0.25) is 0 Å². The van der Waals surface area contributed by atoms with Gasteiger partial charge in [-0.1, -0.05) is 36.4 Å². The highest BCUT2D eigenvalue weighted by molar-refractivity contribution is 5.97. The van der Waals surface area contributed by atoms with Gasteiger partial charge in [0.25, 0.3) is 5.91 Å². The van der Waals surface area contributed by atoms with Gasteiger partial charge in [-0.3, -0.25) is 4.79 Å². The number of nitrogens with one attached hydrogen (secondary N) is 1. The molecule has 1 amide bonds. The van der Waals surface area contributed by atoms with Crippen molar-refractivity contribution in [2.45, 2.75) is 38.1 Å². The van der Waals surface area contributed by atoms with E-state index in [2.05, 4.69) is 11.4 Å². The molecule has 2 aliphatic rings. The summed E-state index contributed by atoms with van der Waals surface area (Å²) in [6, 6.07) is 11.9. The number of carbonyl (C=O) groups is 2. The Kier molecular flexibility index (Phi) is 7.08. The van der Waals surface area contributed by atoms with E-state index in [1.807, 2.05) is 24.3 Å². The Morgan fingerprint density at radius 2 is 1.59 bits per heavy atom. The van der Waals surface area contributed by atoms with Gasteiger partial charge in [0, 0.05) is 17.5 Å². The van der Waals surface area contributed by atoms with Crippen LogP contribution in [0.2, 0.25) is 0 Å². The maximum atomic E-state index is 14.2. The number of hydrogen-bond acceptors (Lipinski definition) is 5. The van der Waals surface area contributed by atoms with E-state index < -0.39 is 35.1 Å². The summed E-state index contributed by atoms with van der Waals surface area (Å²) in [5, 5.41) is 2.45. The molecule has 2 heterocycles. The van der Waals surface area contributed by atoms with E-state index >= 15 is 0 Å². The molecule has 0 unspecified atom stereocenters. The van der Waals surface area contributed by atoms with Crippen molar-refractivity contribution in [2.24, 2.45) is 0 Å². The number of para-hydroxylation sites is 1. The molecule has 2 aliphatic heterocycles. The fourth-order valence-corrected chi connectivity index (χ4v) is 5.04. The fraction of sp³-hybridized carbons (Fsp3) is 0.310. The van der Waals surface area contributed by atoms with Gasteiger partial charge in [-0.15, -0.1) is 0 Å². The van der Waals surface area contributed by atoms with Crippen LogP contribution in [-0.4, -0.2) is 38.2 Å². The number of esters is 1. The van der Waals surface area contributed by atoms with E-state index in [1.165, 1.54) is 13.2 Å². The zero-order valence-electron chi connectivity index (χ0n) is 20.4. The number of methoxy groups -OCH3 is 1. The van der Waals surface area contributed by atoms with Gasteiger partial charge in [-0.05, 0) is 54.5 Å². The standard InChI is InChI=1S/C29H27F2NO5/c1-35-29(34)24(32-28(33)25-22(30)10-3-11-23(25)31)16-18-12-13-21(27-19(18)9-5-15-37-27)20-8-2-6-17-7-4-14-36-26(17)20/h2-3,6,8,10-13,24H,4-5,7,9,14-16H2,1H3,(H,32,33)/t24-/m0/s1. The fourth-order valence-electron chi connectivity index (χ4n) is 5.04. The Balaban J connectivity index is 1.49. The zero-order valence-corrected chi connectivity index (χ0v) is 20.4. The molecular formula is C29H27F2NO5. The van der Waals surface area contributed by atoms with Crippen molar-refractivity contribution < 1.29 is 32.6 Å². The topological polar surface area (TPSA) is 73.9 Å². The highest BCUT2D eigenvalue weighted by Gasteiger charge is 2.29. The van der Waals surface area contributed by atoms with Crippen molar-refractivity contribution in [1.29, 1.82) is 0 Å². The minimum atomic E-state index is -1.15. The van der Waals surface area contributed by atoms with Crippen molar-refractivity contribution in [1.82, 2.24) is 5.32 Å². The van der Waals surface area contributed by atoms with Gasteiger partial charge >= 0.3 is 5.97 Å². The minimum absolute atomic E-state index is 0.0733. The summed E-state index contributed by atoms with van der Waals surface area (Å²) in [6.07, 6.45) is 3.51. The summed E-state index contributed by atoms with van der Waals surface area (Å²) in [5.74, 6) is -2.17. The maximum Gasteiger partial charge on any atom is 0.328 e. The molecule has 1 N–H and O–H groups in total. The molecule has 37 heavy (non-hydrogen) atoms. The first kappa shape index (κ1) is 24.7. The van der Waals surface area contributed by atoms with Gasteiger partial charge in [0.1, 0.15) is 34.7 Å². The lowest BCUT2D eigenvalue weighted by molar-refractivity contribution is -0.142. The molecule has 8 heteroatoms. The third-order valence-electron chi connectivity index (χ3n) is 6.80. The lowest BCUT2D eigenvalue weighted by Crippen LogP contribution is -2.43. The van der Waals surface area contributed by atoms with Crippen LogP contribution in [0.25, 0.3) is 11.1 Å². The van der Waals surface area contributed by atoms with Gasteiger partial charge in [-0.25, -0.2) is 13.6 Å². The number of amides is 1. The molecule has 0 aliphatic carbocycles. The van der Waals surface area contributed by atoms with Crippen molar-refractivity contribution in [3.05, 3.63) is 82.4 Å². The second kappa shape index (κ2) is 10.6. The van der Waals surface area contributed by atoms with Gasteiger partial charge < -0.3 is 19.5 Å². The number of halogens is 2. The molecule has 0 fully saturated rings. The van der Waals surface area contributed by atoms with Crippen molar-refractivity contribution in [2.75, 3.05) is 20.3 Å². The summed E-state index contributed by atoms with van der Waals surface area (Å²) < 4.78 is 45.4. The summed E-state index contributed by atoms with van der Waals surface area (Å²) in [5.41, 5.74) is 3.99. The number of rotatable bonds is 6. The predicted octanol–water partition coefficient (Wildman–Crippen LogP) is 4.80. The Morgan fingerprint density at radius 1 is 0.919 bits per heavy atom.